The van der Waals surface area contributed by atoms with Crippen molar-refractivity contribution in [2.45, 2.75) is 96.4 Å². The molecule has 0 spiro atoms. The molecule has 73 heavy (non-hydrogen) atoms. The van der Waals surface area contributed by atoms with E-state index >= 15 is 0 Å². The third-order valence-electron chi connectivity index (χ3n) is 14.3. The lowest BCUT2D eigenvalue weighted by Gasteiger charge is -2.35. The Morgan fingerprint density at radius 3 is 2.32 bits per heavy atom. The van der Waals surface area contributed by atoms with Gasteiger partial charge in [-0.1, -0.05) is 35.7 Å². The van der Waals surface area contributed by atoms with E-state index in [1.165, 1.54) is 6.33 Å². The van der Waals surface area contributed by atoms with Gasteiger partial charge in [0.25, 0.3) is 0 Å². The van der Waals surface area contributed by atoms with E-state index in [1.54, 1.807) is 24.5 Å². The van der Waals surface area contributed by atoms with Crippen molar-refractivity contribution in [3.05, 3.63) is 67.9 Å². The number of nitrogens with zero attached hydrogens (tertiary/aromatic N) is 6. The van der Waals surface area contributed by atoms with Crippen LogP contribution >= 0.6 is 34.5 Å². The minimum atomic E-state index is -1.38. The minimum absolute atomic E-state index is 0.0812. The Morgan fingerprint density at radius 1 is 0.945 bits per heavy atom. The van der Waals surface area contributed by atoms with Crippen LogP contribution < -0.4 is 18.9 Å². The standard InChI is InChI=1S/C54H70Cl2N6O10S/c1-7-38(60-51(57-4)36-11-13-39(14-12-36)68-26-25-67-24-23-66-22-21-65-6)30-70-42-16-15-40-27-37(42)28-43(54(63)64)72-52-46-45(50(35-9-8-10-35)73-53(46)59-32-58-52)44-33(2)47(55)49(48(56)34(44)3)71-41(31-69-40)29-62-19-17-61(5)18-20-62/h7,15-16,27,32,35-36,39,41,43H,4,8-14,17-26,28-31H2,1-3,5-6H3,(H,63,64)/b38-7-,60-51?/t36?,39?,41-,43-/m1/s1. The quantitative estimate of drug-likeness (QED) is 0.0535. The molecule has 5 aliphatic rings. The molecule has 4 aromatic rings. The smallest absolute Gasteiger partial charge is 0.345 e. The maximum Gasteiger partial charge on any atom is 0.345 e. The second-order valence-corrected chi connectivity index (χ2v) is 21.0. The number of aromatic nitrogens is 2. The Morgan fingerprint density at radius 2 is 1.66 bits per heavy atom. The first-order valence-corrected chi connectivity index (χ1v) is 27.1. The van der Waals surface area contributed by atoms with Crippen molar-refractivity contribution in [2.24, 2.45) is 15.9 Å². The van der Waals surface area contributed by atoms with Crippen molar-refractivity contribution in [2.75, 3.05) is 99.7 Å². The molecule has 16 nitrogen and oxygen atoms in total. The number of allylic oxidation sites excluding steroid dienone is 1. The molecule has 0 radical (unpaired) electrons. The van der Waals surface area contributed by atoms with Gasteiger partial charge in [0.1, 0.15) is 47.8 Å². The number of thiophene rings is 1. The fraction of sp³-hybridized carbons (Fsp3) is 0.574. The second kappa shape index (κ2) is 26.4. The summed E-state index contributed by atoms with van der Waals surface area (Å²) < 4.78 is 48.8. The number of rotatable bonds is 19. The lowest BCUT2D eigenvalue weighted by molar-refractivity contribution is -0.145. The molecule has 9 rings (SSSR count). The van der Waals surface area contributed by atoms with Crippen molar-refractivity contribution in [1.29, 1.82) is 0 Å². The number of fused-ring (bicyclic) bond motifs is 7. The summed E-state index contributed by atoms with van der Waals surface area (Å²) in [5.74, 6) is 1.38. The molecule has 1 saturated heterocycles. The Bertz CT molecular complexity index is 2560. The Hall–Kier alpha value is -4.43. The molecule has 3 fully saturated rings. The van der Waals surface area contributed by atoms with Gasteiger partial charge >= 0.3 is 5.97 Å². The third-order valence-corrected chi connectivity index (χ3v) is 16.5. The predicted octanol–water partition coefficient (Wildman–Crippen LogP) is 9.65. The molecule has 2 aromatic heterocycles. The van der Waals surface area contributed by atoms with Gasteiger partial charge in [-0.05, 0) is 114 Å². The number of benzene rings is 2. The summed E-state index contributed by atoms with van der Waals surface area (Å²) in [6, 6.07) is 5.42. The van der Waals surface area contributed by atoms with Crippen LogP contribution in [0.25, 0.3) is 21.3 Å². The maximum absolute atomic E-state index is 13.4. The number of piperazine rings is 1. The summed E-state index contributed by atoms with van der Waals surface area (Å²) in [7, 11) is 3.77. The average molecular weight is 1070 g/mol. The molecule has 396 valence electrons. The Labute approximate surface area is 443 Å². The first kappa shape index (κ1) is 54.8. The number of methoxy groups -OCH3 is 1. The van der Waals surface area contributed by atoms with Gasteiger partial charge in [-0.3, -0.25) is 4.90 Å². The molecule has 5 heterocycles. The number of carboxylic acids is 1. The SMILES string of the molecule is C=NC(=N/C(=C\C)COc1ccc2cc1C[C@H](C(=O)O)Oc1ncnc3sc(C4CCC4)c(c13)-c1c(C)c(Cl)c(c(Cl)c1C)O[C@H](CN1CCN(C)CC1)CO2)C1CCC(OCCOCCOCCOC)CC1. The van der Waals surface area contributed by atoms with E-state index in [-0.39, 0.29) is 43.5 Å². The number of aliphatic carboxylic acids is 1. The molecule has 1 N–H and O–H groups in total. The summed E-state index contributed by atoms with van der Waals surface area (Å²) in [4.78, 5) is 38.6. The zero-order valence-corrected chi connectivity index (χ0v) is 45.1. The fourth-order valence-electron chi connectivity index (χ4n) is 9.85. The van der Waals surface area contributed by atoms with E-state index in [1.807, 2.05) is 39.0 Å². The van der Waals surface area contributed by atoms with Gasteiger partial charge in [0, 0.05) is 68.2 Å². The van der Waals surface area contributed by atoms with Crippen molar-refractivity contribution < 1.29 is 47.8 Å². The van der Waals surface area contributed by atoms with Gasteiger partial charge in [-0.15, -0.1) is 11.3 Å². The van der Waals surface area contributed by atoms with E-state index in [0.29, 0.717) is 101 Å². The van der Waals surface area contributed by atoms with E-state index in [2.05, 4.69) is 33.5 Å². The van der Waals surface area contributed by atoms with Gasteiger partial charge in [-0.25, -0.2) is 24.7 Å². The van der Waals surface area contributed by atoms with Crippen LogP contribution in [0.2, 0.25) is 10.0 Å². The summed E-state index contributed by atoms with van der Waals surface area (Å²) in [6.45, 7) is 17.3. The molecular formula is C54H70Cl2N6O10S. The van der Waals surface area contributed by atoms with Crippen molar-refractivity contribution >= 4 is 63.3 Å². The summed E-state index contributed by atoms with van der Waals surface area (Å²) in [5, 5.41) is 12.4. The number of hydrogen-bond acceptors (Lipinski definition) is 15. The normalized spacial score (nSPS) is 21.5. The number of likely N-dealkylation sites (N-methyl/N-ethyl adjacent to an activating group) is 1. The van der Waals surface area contributed by atoms with Crippen LogP contribution in [-0.2, 0) is 30.2 Å². The topological polar surface area (TPSA) is 168 Å². The largest absolute Gasteiger partial charge is 0.490 e. The molecule has 0 unspecified atom stereocenters. The van der Waals surface area contributed by atoms with Crippen molar-refractivity contribution in [3.8, 4) is 34.3 Å². The van der Waals surface area contributed by atoms with E-state index in [0.717, 1.165) is 98.3 Å². The van der Waals surface area contributed by atoms with Crippen LogP contribution in [0.4, 0.5) is 0 Å². The Kier molecular flexibility index (Phi) is 19.8. The molecule has 2 aliphatic carbocycles. The lowest BCUT2D eigenvalue weighted by atomic mass is 9.80. The number of carbonyl (C=O) groups is 1. The number of aliphatic imine (C=N–C) groups is 2. The van der Waals surface area contributed by atoms with E-state index in [9.17, 15) is 9.90 Å². The highest BCUT2D eigenvalue weighted by Gasteiger charge is 2.35. The second-order valence-electron chi connectivity index (χ2n) is 19.2. The van der Waals surface area contributed by atoms with E-state index < -0.39 is 18.2 Å². The number of ether oxygens (including phenoxy) is 8. The lowest BCUT2D eigenvalue weighted by Crippen LogP contribution is -2.49. The van der Waals surface area contributed by atoms with Crippen LogP contribution in [-0.4, -0.2) is 161 Å². The van der Waals surface area contributed by atoms with Gasteiger partial charge in [0.15, 0.2) is 5.75 Å². The molecule has 2 atom stereocenters. The minimum Gasteiger partial charge on any atom is -0.490 e. The predicted molar refractivity (Wildman–Crippen MR) is 286 cm³/mol. The first-order valence-electron chi connectivity index (χ1n) is 25.5. The van der Waals surface area contributed by atoms with Gasteiger partial charge < -0.3 is 47.9 Å². The highest BCUT2D eigenvalue weighted by molar-refractivity contribution is 7.19. The fourth-order valence-corrected chi connectivity index (χ4v) is 11.7. The maximum atomic E-state index is 13.4. The van der Waals surface area contributed by atoms with Crippen LogP contribution in [0, 0.1) is 19.8 Å². The van der Waals surface area contributed by atoms with Gasteiger partial charge in [-0.2, -0.15) is 0 Å². The van der Waals surface area contributed by atoms with Crippen LogP contribution in [0.5, 0.6) is 23.1 Å². The first-order chi connectivity index (χ1) is 35.5. The Balaban J connectivity index is 1.05. The van der Waals surface area contributed by atoms with Crippen molar-refractivity contribution in [3.63, 3.8) is 0 Å². The number of amidine groups is 1. The summed E-state index contributed by atoms with van der Waals surface area (Å²) >= 11 is 16.3. The average Bonchev–Trinajstić information content (AvgIpc) is 3.74. The molecule has 2 aromatic carbocycles. The molecule has 0 amide bonds. The zero-order chi connectivity index (χ0) is 51.4. The van der Waals surface area contributed by atoms with Gasteiger partial charge in [0.05, 0.1) is 66.9 Å². The number of carboxylic acid groups (broad SMARTS) is 1. The molecule has 3 aliphatic heterocycles. The summed E-state index contributed by atoms with van der Waals surface area (Å²) in [5.41, 5.74) is 4.49. The van der Waals surface area contributed by atoms with Crippen LogP contribution in [0.15, 0.2) is 46.3 Å². The number of hydrogen-bond donors (Lipinski definition) is 1. The zero-order valence-electron chi connectivity index (χ0n) is 42.8. The molecule has 4 bridgehead atoms. The van der Waals surface area contributed by atoms with Crippen LogP contribution in [0.3, 0.4) is 0 Å². The van der Waals surface area contributed by atoms with E-state index in [4.69, 9.17) is 71.1 Å². The highest BCUT2D eigenvalue weighted by atomic mass is 35.5. The van der Waals surface area contributed by atoms with Crippen LogP contribution in [0.1, 0.15) is 79.4 Å². The highest BCUT2D eigenvalue weighted by Crippen LogP contribution is 2.54. The number of halogens is 2. The third kappa shape index (κ3) is 13.7. The summed E-state index contributed by atoms with van der Waals surface area (Å²) in [6.07, 6.45) is 8.11. The molecule has 19 heteroatoms. The molecule has 2 saturated carbocycles. The van der Waals surface area contributed by atoms with Crippen molar-refractivity contribution in [1.82, 2.24) is 19.8 Å². The van der Waals surface area contributed by atoms with Gasteiger partial charge in [0.2, 0.25) is 12.0 Å². The monoisotopic (exact) mass is 1060 g/mol. The molecular weight excluding hydrogens is 996 g/mol.